The normalized spacial score (nSPS) is 10.3. The fourth-order valence-electron chi connectivity index (χ4n) is 1.11. The van der Waals surface area contributed by atoms with Gasteiger partial charge in [-0.15, -0.1) is 0 Å². The summed E-state index contributed by atoms with van der Waals surface area (Å²) < 4.78 is 19.4. The third-order valence-corrected chi connectivity index (χ3v) is 1.99. The quantitative estimate of drug-likeness (QED) is 0.324. The second-order valence-electron chi connectivity index (χ2n) is 3.61. The van der Waals surface area contributed by atoms with Gasteiger partial charge in [0, 0.05) is 0 Å². The molecule has 8 heteroatoms. The second-order valence-corrected chi connectivity index (χ2v) is 3.61. The standard InChI is InChI=1S/C12H22O8/c13-3-5-17-7-9-19-11(15)1-2-12(16)20-10-8-18-6-4-14/h13-14H,1-10H2. The maximum Gasteiger partial charge on any atom is 0.306 e. The average molecular weight is 294 g/mol. The Hall–Kier alpha value is -1.22. The largest absolute Gasteiger partial charge is 0.463 e. The van der Waals surface area contributed by atoms with Gasteiger partial charge in [0.15, 0.2) is 0 Å². The molecule has 2 N–H and O–H groups in total. The van der Waals surface area contributed by atoms with Crippen LogP contribution in [0.4, 0.5) is 0 Å². The maximum absolute atomic E-state index is 11.2. The summed E-state index contributed by atoms with van der Waals surface area (Å²) >= 11 is 0. The van der Waals surface area contributed by atoms with E-state index in [1.165, 1.54) is 0 Å². The fraction of sp³-hybridized carbons (Fsp3) is 0.833. The number of esters is 2. The average Bonchev–Trinajstić information content (AvgIpc) is 2.44. The molecule has 0 amide bonds. The summed E-state index contributed by atoms with van der Waals surface area (Å²) in [7, 11) is 0. The molecule has 20 heavy (non-hydrogen) atoms. The van der Waals surface area contributed by atoms with E-state index in [1.54, 1.807) is 0 Å². The lowest BCUT2D eigenvalue weighted by atomic mass is 10.3. The van der Waals surface area contributed by atoms with Gasteiger partial charge in [0.1, 0.15) is 13.2 Å². The Bertz CT molecular complexity index is 230. The van der Waals surface area contributed by atoms with E-state index < -0.39 is 11.9 Å². The van der Waals surface area contributed by atoms with E-state index in [9.17, 15) is 9.59 Å². The van der Waals surface area contributed by atoms with Crippen molar-refractivity contribution in [1.29, 1.82) is 0 Å². The van der Waals surface area contributed by atoms with Gasteiger partial charge in [-0.05, 0) is 0 Å². The molecule has 0 radical (unpaired) electrons. The molecule has 0 aliphatic heterocycles. The molecular formula is C12H22O8. The Balaban J connectivity index is 3.37. The molecule has 0 aliphatic carbocycles. The molecule has 0 saturated carbocycles. The van der Waals surface area contributed by atoms with Crippen molar-refractivity contribution in [3.63, 3.8) is 0 Å². The van der Waals surface area contributed by atoms with Crippen LogP contribution in [0.2, 0.25) is 0 Å². The molecule has 118 valence electrons. The van der Waals surface area contributed by atoms with E-state index in [0.717, 1.165) is 0 Å². The molecule has 0 rings (SSSR count). The zero-order chi connectivity index (χ0) is 15.1. The summed E-state index contributed by atoms with van der Waals surface area (Å²) in [5.41, 5.74) is 0. The molecule has 0 unspecified atom stereocenters. The smallest absolute Gasteiger partial charge is 0.306 e. The van der Waals surface area contributed by atoms with Crippen LogP contribution in [0.1, 0.15) is 12.8 Å². The van der Waals surface area contributed by atoms with Gasteiger partial charge in [0.05, 0.1) is 52.5 Å². The van der Waals surface area contributed by atoms with Crippen LogP contribution in [-0.2, 0) is 28.5 Å². The van der Waals surface area contributed by atoms with Gasteiger partial charge < -0.3 is 29.2 Å². The zero-order valence-corrected chi connectivity index (χ0v) is 11.4. The lowest BCUT2D eigenvalue weighted by Gasteiger charge is -2.06. The lowest BCUT2D eigenvalue weighted by molar-refractivity contribution is -0.152. The fourth-order valence-corrected chi connectivity index (χ4v) is 1.11. The molecule has 0 saturated heterocycles. The van der Waals surface area contributed by atoms with Gasteiger partial charge in [0.2, 0.25) is 0 Å². The predicted octanol–water partition coefficient (Wildman–Crippen LogP) is -1.13. The van der Waals surface area contributed by atoms with Crippen LogP contribution in [0.25, 0.3) is 0 Å². The highest BCUT2D eigenvalue weighted by Crippen LogP contribution is 1.96. The number of aliphatic hydroxyl groups is 2. The summed E-state index contributed by atoms with van der Waals surface area (Å²) in [6, 6.07) is 0. The van der Waals surface area contributed by atoms with Gasteiger partial charge in [-0.2, -0.15) is 0 Å². The third-order valence-electron chi connectivity index (χ3n) is 1.99. The minimum Gasteiger partial charge on any atom is -0.463 e. The summed E-state index contributed by atoms with van der Waals surface area (Å²) in [6.07, 6.45) is -0.118. The number of hydrogen-bond acceptors (Lipinski definition) is 8. The Morgan fingerprint density at radius 3 is 1.40 bits per heavy atom. The molecule has 0 aliphatic rings. The van der Waals surface area contributed by atoms with Crippen molar-refractivity contribution in [3.05, 3.63) is 0 Å². The summed E-state index contributed by atoms with van der Waals surface area (Å²) in [5, 5.41) is 16.9. The van der Waals surface area contributed by atoms with E-state index in [1.807, 2.05) is 0 Å². The minimum atomic E-state index is -0.508. The van der Waals surface area contributed by atoms with Crippen LogP contribution < -0.4 is 0 Å². The first kappa shape index (κ1) is 18.8. The first-order valence-corrected chi connectivity index (χ1v) is 6.39. The van der Waals surface area contributed by atoms with Crippen LogP contribution >= 0.6 is 0 Å². The van der Waals surface area contributed by atoms with E-state index >= 15 is 0 Å². The van der Waals surface area contributed by atoms with Crippen molar-refractivity contribution in [1.82, 2.24) is 0 Å². The summed E-state index contributed by atoms with van der Waals surface area (Å²) in [5.74, 6) is -1.02. The number of carbonyl (C=O) groups excluding carboxylic acids is 2. The van der Waals surface area contributed by atoms with Gasteiger partial charge in [-0.25, -0.2) is 0 Å². The molecular weight excluding hydrogens is 272 g/mol. The van der Waals surface area contributed by atoms with Crippen LogP contribution in [-0.4, -0.2) is 75.0 Å². The van der Waals surface area contributed by atoms with Crippen LogP contribution in [0.3, 0.4) is 0 Å². The SMILES string of the molecule is O=C(CCC(=O)OCCOCCO)OCCOCCO. The monoisotopic (exact) mass is 294 g/mol. The van der Waals surface area contributed by atoms with Gasteiger partial charge >= 0.3 is 11.9 Å². The van der Waals surface area contributed by atoms with Gasteiger partial charge in [0.25, 0.3) is 0 Å². The van der Waals surface area contributed by atoms with E-state index in [-0.39, 0.29) is 65.7 Å². The van der Waals surface area contributed by atoms with Crippen molar-refractivity contribution >= 4 is 11.9 Å². The Morgan fingerprint density at radius 2 is 1.05 bits per heavy atom. The van der Waals surface area contributed by atoms with Crippen molar-refractivity contribution in [2.24, 2.45) is 0 Å². The van der Waals surface area contributed by atoms with Crippen LogP contribution in [0.5, 0.6) is 0 Å². The molecule has 0 aromatic rings. The van der Waals surface area contributed by atoms with E-state index in [2.05, 4.69) is 0 Å². The summed E-state index contributed by atoms with van der Waals surface area (Å²) in [4.78, 5) is 22.4. The maximum atomic E-state index is 11.2. The van der Waals surface area contributed by atoms with Crippen molar-refractivity contribution < 1.29 is 38.7 Å². The third kappa shape index (κ3) is 13.2. The first-order chi connectivity index (χ1) is 9.70. The van der Waals surface area contributed by atoms with Gasteiger partial charge in [-0.1, -0.05) is 0 Å². The molecule has 0 fully saturated rings. The molecule has 0 heterocycles. The summed E-state index contributed by atoms with van der Waals surface area (Å²) in [6.45, 7) is 0.817. The Morgan fingerprint density at radius 1 is 0.650 bits per heavy atom. The van der Waals surface area contributed by atoms with Crippen LogP contribution in [0, 0.1) is 0 Å². The lowest BCUT2D eigenvalue weighted by Crippen LogP contribution is -2.15. The number of aliphatic hydroxyl groups excluding tert-OH is 2. The number of carbonyl (C=O) groups is 2. The topological polar surface area (TPSA) is 112 Å². The first-order valence-electron chi connectivity index (χ1n) is 6.39. The molecule has 8 nitrogen and oxygen atoms in total. The highest BCUT2D eigenvalue weighted by Gasteiger charge is 2.08. The van der Waals surface area contributed by atoms with Crippen molar-refractivity contribution in [3.8, 4) is 0 Å². The van der Waals surface area contributed by atoms with Crippen molar-refractivity contribution in [2.75, 3.05) is 52.9 Å². The predicted molar refractivity (Wildman–Crippen MR) is 67.0 cm³/mol. The minimum absolute atomic E-state index is 0.0592. The molecule has 0 aromatic heterocycles. The zero-order valence-electron chi connectivity index (χ0n) is 11.4. The molecule has 0 atom stereocenters. The van der Waals surface area contributed by atoms with E-state index in [0.29, 0.717) is 0 Å². The Kier molecular flexibility index (Phi) is 13.3. The van der Waals surface area contributed by atoms with Crippen molar-refractivity contribution in [2.45, 2.75) is 12.8 Å². The molecule has 0 spiro atoms. The number of ether oxygens (including phenoxy) is 4. The van der Waals surface area contributed by atoms with E-state index in [4.69, 9.17) is 29.2 Å². The Labute approximate surface area is 117 Å². The van der Waals surface area contributed by atoms with Gasteiger partial charge in [-0.3, -0.25) is 9.59 Å². The molecule has 0 bridgehead atoms. The van der Waals surface area contributed by atoms with Crippen LogP contribution in [0.15, 0.2) is 0 Å². The number of hydrogen-bond donors (Lipinski definition) is 2. The molecule has 0 aromatic carbocycles. The highest BCUT2D eigenvalue weighted by molar-refractivity contribution is 5.77. The highest BCUT2D eigenvalue weighted by atomic mass is 16.6. The number of rotatable bonds is 13. The second kappa shape index (κ2) is 14.2.